The molecule has 16 nitrogen and oxygen atoms in total. The van der Waals surface area contributed by atoms with E-state index in [1.165, 1.54) is 47.7 Å². The molecule has 5 aromatic rings. The van der Waals surface area contributed by atoms with Crippen LogP contribution in [0.2, 0.25) is 0 Å². The van der Waals surface area contributed by atoms with E-state index in [-0.39, 0.29) is 178 Å². The van der Waals surface area contributed by atoms with Crippen LogP contribution < -0.4 is 118 Å². The number of methoxy groups -OCH3 is 1. The first-order chi connectivity index (χ1) is 27.1. The van der Waals surface area contributed by atoms with Gasteiger partial charge in [0.2, 0.25) is 5.88 Å². The van der Waals surface area contributed by atoms with E-state index >= 15 is 0 Å². The molecule has 0 aliphatic heterocycles. The summed E-state index contributed by atoms with van der Waals surface area (Å²) < 4.78 is 71.5. The van der Waals surface area contributed by atoms with Crippen LogP contribution in [0.15, 0.2) is 82.5 Å². The standard InChI is InChI=1S/C15H17FN2O3.C14H15FN2O3.C8H10O3S.CH2O3.CH4.2K.H/c1-4-21-15(19)13-10(2)14(20-3)18(17-13)9-11-7-5-6-8-12(11)16;1-3-20-14(19)12-9(2)13(18)17(16-12)8-10-6-4-5-7-11(10)15;1-7-3-5-8(6-4-7)12(9,10)11-2;2-1-4-3;;;;/h5-8H,4,9H2,1-3H3;4-7,16H,3,8H2,1-2H3;3-6H,1-2H3;1,3H;1H4;;;/q;;;;;2*+1;-1/p-1. The first kappa shape index (κ1) is 59.2. The second-order valence-electron chi connectivity index (χ2n) is 11.4. The van der Waals surface area contributed by atoms with Crippen molar-refractivity contribution in [3.05, 3.63) is 134 Å². The molecular formula is C39H48F2K2N4O12S. The second-order valence-corrected chi connectivity index (χ2v) is 13.1. The molecule has 0 bridgehead atoms. The largest absolute Gasteiger partial charge is 1.00 e. The molecule has 0 atom stereocenters. The van der Waals surface area contributed by atoms with Gasteiger partial charge in [-0.25, -0.2) is 27.7 Å². The van der Waals surface area contributed by atoms with Crippen LogP contribution in [0.1, 0.15) is 71.5 Å². The van der Waals surface area contributed by atoms with E-state index in [0.29, 0.717) is 22.6 Å². The van der Waals surface area contributed by atoms with Crippen molar-refractivity contribution in [1.82, 2.24) is 19.6 Å². The van der Waals surface area contributed by atoms with Gasteiger partial charge in [-0.15, -0.1) is 0 Å². The number of aromatic amines is 1. The number of hydrogen-bond donors (Lipinski definition) is 1. The summed E-state index contributed by atoms with van der Waals surface area (Å²) in [5, 5.41) is 15.3. The third-order valence-electron chi connectivity index (χ3n) is 7.59. The van der Waals surface area contributed by atoms with Gasteiger partial charge in [0.05, 0.1) is 45.4 Å². The summed E-state index contributed by atoms with van der Waals surface area (Å²) in [6.45, 7) is 9.06. The molecule has 0 spiro atoms. The summed E-state index contributed by atoms with van der Waals surface area (Å²) >= 11 is 0. The van der Waals surface area contributed by atoms with Crippen LogP contribution in [-0.2, 0) is 46.5 Å². The summed E-state index contributed by atoms with van der Waals surface area (Å²) in [5.74, 6) is -1.41. The fraction of sp³-hybridized carbons (Fsp3) is 0.308. The number of nitrogens with zero attached hydrogens (tertiary/aromatic N) is 3. The Hall–Kier alpha value is -2.91. The van der Waals surface area contributed by atoms with Crippen molar-refractivity contribution in [3.8, 4) is 5.88 Å². The maximum atomic E-state index is 13.7. The van der Waals surface area contributed by atoms with Gasteiger partial charge in [-0.1, -0.05) is 61.5 Å². The molecule has 60 heavy (non-hydrogen) atoms. The van der Waals surface area contributed by atoms with Crippen LogP contribution in [0, 0.1) is 32.4 Å². The smallest absolute Gasteiger partial charge is 1.00 e. The zero-order valence-corrected chi connectivity index (χ0v) is 41.3. The first-order valence-electron chi connectivity index (χ1n) is 16.9. The Morgan fingerprint density at radius 1 is 0.833 bits per heavy atom. The van der Waals surface area contributed by atoms with Gasteiger partial charge < -0.3 is 25.8 Å². The summed E-state index contributed by atoms with van der Waals surface area (Å²) in [4.78, 5) is 47.0. The fourth-order valence-corrected chi connectivity index (χ4v) is 5.44. The topological polar surface area (TPSA) is 210 Å². The molecule has 0 saturated heterocycles. The Kier molecular flexibility index (Phi) is 29.8. The maximum absolute atomic E-state index is 13.7. The number of hydrogen-bond acceptors (Lipinski definition) is 13. The molecule has 0 saturated carbocycles. The van der Waals surface area contributed by atoms with Gasteiger partial charge in [-0.3, -0.25) is 18.9 Å². The van der Waals surface area contributed by atoms with Crippen LogP contribution >= 0.6 is 0 Å². The number of H-pyrrole nitrogens is 1. The Morgan fingerprint density at radius 3 is 1.77 bits per heavy atom. The molecule has 21 heteroatoms. The van der Waals surface area contributed by atoms with Crippen molar-refractivity contribution >= 4 is 28.5 Å². The molecule has 0 aliphatic carbocycles. The van der Waals surface area contributed by atoms with Crippen LogP contribution in [0.5, 0.6) is 5.88 Å². The van der Waals surface area contributed by atoms with Crippen molar-refractivity contribution in [3.63, 3.8) is 0 Å². The van der Waals surface area contributed by atoms with Crippen molar-refractivity contribution in [2.75, 3.05) is 27.4 Å². The Bertz CT molecular complexity index is 2270. The number of esters is 2. The molecule has 5 rings (SSSR count). The molecule has 0 fully saturated rings. The number of halogens is 2. The molecule has 0 amide bonds. The van der Waals surface area contributed by atoms with Crippen molar-refractivity contribution < 1.29 is 164 Å². The summed E-state index contributed by atoms with van der Waals surface area (Å²) in [5.41, 5.74) is 2.62. The van der Waals surface area contributed by atoms with E-state index in [0.717, 1.165) is 12.7 Å². The van der Waals surface area contributed by atoms with E-state index in [1.54, 1.807) is 69.3 Å². The average molecular weight is 913 g/mol. The molecule has 0 radical (unpaired) electrons. The normalized spacial score (nSPS) is 9.83. The van der Waals surface area contributed by atoms with E-state index in [1.807, 2.05) is 6.92 Å². The predicted molar refractivity (Wildman–Crippen MR) is 207 cm³/mol. The van der Waals surface area contributed by atoms with Gasteiger partial charge in [0.25, 0.3) is 22.1 Å². The van der Waals surface area contributed by atoms with Gasteiger partial charge in [-0.2, -0.15) is 13.5 Å². The van der Waals surface area contributed by atoms with E-state index < -0.39 is 27.9 Å². The molecule has 0 aliphatic rings. The molecule has 3 aromatic carbocycles. The Labute approximate surface area is 434 Å². The minimum Gasteiger partial charge on any atom is -1.00 e. The van der Waals surface area contributed by atoms with Gasteiger partial charge in [0.1, 0.15) is 17.3 Å². The molecule has 318 valence electrons. The summed E-state index contributed by atoms with van der Waals surface area (Å²) in [6, 6.07) is 19.1. The Morgan fingerprint density at radius 2 is 1.32 bits per heavy atom. The van der Waals surface area contributed by atoms with Gasteiger partial charge in [0, 0.05) is 22.3 Å². The van der Waals surface area contributed by atoms with E-state index in [2.05, 4.69) is 19.3 Å². The number of rotatable bonds is 12. The fourth-order valence-electron chi connectivity index (χ4n) is 4.77. The summed E-state index contributed by atoms with van der Waals surface area (Å²) in [7, 11) is -0.884. The van der Waals surface area contributed by atoms with Crippen LogP contribution in [0.4, 0.5) is 8.78 Å². The number of aryl methyl sites for hydroxylation is 1. The number of carbonyl (C=O) groups excluding carboxylic acids is 3. The number of nitrogens with one attached hydrogen (secondary N) is 1. The third-order valence-corrected chi connectivity index (χ3v) is 8.88. The molecular weight excluding hydrogens is 865 g/mol. The predicted octanol–water partition coefficient (Wildman–Crippen LogP) is -1.07. The maximum Gasteiger partial charge on any atom is 1.00 e. The van der Waals surface area contributed by atoms with Gasteiger partial charge >= 0.3 is 115 Å². The number of benzene rings is 3. The molecule has 0 unspecified atom stereocenters. The van der Waals surface area contributed by atoms with Crippen LogP contribution in [0.3, 0.4) is 0 Å². The minimum atomic E-state index is -3.51. The van der Waals surface area contributed by atoms with Crippen molar-refractivity contribution in [2.24, 2.45) is 0 Å². The van der Waals surface area contributed by atoms with Crippen LogP contribution in [0.25, 0.3) is 0 Å². The van der Waals surface area contributed by atoms with Gasteiger partial charge in [0.15, 0.2) is 5.69 Å². The zero-order valence-electron chi connectivity index (χ0n) is 35.2. The van der Waals surface area contributed by atoms with E-state index in [9.17, 15) is 31.6 Å². The summed E-state index contributed by atoms with van der Waals surface area (Å²) in [6.07, 6.45) is 0. The van der Waals surface area contributed by atoms with E-state index in [4.69, 9.17) is 24.3 Å². The molecule has 1 N–H and O–H groups in total. The third kappa shape index (κ3) is 17.8. The van der Waals surface area contributed by atoms with Gasteiger partial charge in [-0.05, 0) is 58.9 Å². The number of aromatic nitrogens is 4. The first-order valence-corrected chi connectivity index (χ1v) is 18.3. The quantitative estimate of drug-likeness (QED) is 0.0396. The zero-order chi connectivity index (χ0) is 42.7. The Balaban J connectivity index is -0.000000789. The monoisotopic (exact) mass is 912 g/mol. The second kappa shape index (κ2) is 30.2. The molecule has 2 heterocycles. The minimum absolute atomic E-state index is 0. The van der Waals surface area contributed by atoms with Crippen LogP contribution in [-0.4, -0.2) is 73.8 Å². The van der Waals surface area contributed by atoms with Crippen molar-refractivity contribution in [2.45, 2.75) is 60.0 Å². The molecule has 2 aromatic heterocycles. The average Bonchev–Trinajstić information content (AvgIpc) is 3.67. The SMILES string of the molecule is C.CCOC(=O)c1[nH]n(Cc2ccccc2F)c(=O)c1C.CCOC(=O)c1nn(Cc2ccccc2F)c(OC)c1C.COS(=O)(=O)c1ccc(C)cc1.O=CO[O-].[H-].[K+].[K+]. The number of ether oxygens (including phenoxy) is 3. The number of carbonyl (C=O) groups is 3. The van der Waals surface area contributed by atoms with Crippen molar-refractivity contribution in [1.29, 1.82) is 0 Å².